The summed E-state index contributed by atoms with van der Waals surface area (Å²) in [5, 5.41) is 3.25. The second kappa shape index (κ2) is 6.44. The van der Waals surface area contributed by atoms with Gasteiger partial charge in [0.1, 0.15) is 5.75 Å². The number of nitrogens with zero attached hydrogens (tertiary/aromatic N) is 1. The van der Waals surface area contributed by atoms with E-state index in [2.05, 4.69) is 5.32 Å². The van der Waals surface area contributed by atoms with Crippen molar-refractivity contribution in [3.63, 3.8) is 0 Å². The number of hydrogen-bond donors (Lipinski definition) is 1. The van der Waals surface area contributed by atoms with E-state index in [-0.39, 0.29) is 18.6 Å². The van der Waals surface area contributed by atoms with E-state index < -0.39 is 6.10 Å². The summed E-state index contributed by atoms with van der Waals surface area (Å²) in [4.78, 5) is 14.6. The van der Waals surface area contributed by atoms with Gasteiger partial charge in [0.2, 0.25) is 6.79 Å². The zero-order valence-electron chi connectivity index (χ0n) is 13.0. The summed E-state index contributed by atoms with van der Waals surface area (Å²) in [7, 11) is 0. The van der Waals surface area contributed by atoms with Crippen molar-refractivity contribution >= 4 is 5.91 Å². The molecule has 1 unspecified atom stereocenters. The van der Waals surface area contributed by atoms with E-state index in [0.717, 1.165) is 26.2 Å². The Morgan fingerprint density at radius 3 is 2.68 bits per heavy atom. The van der Waals surface area contributed by atoms with Crippen LogP contribution in [0.3, 0.4) is 0 Å². The Kier molecular flexibility index (Phi) is 4.38. The van der Waals surface area contributed by atoms with Crippen molar-refractivity contribution in [2.75, 3.05) is 33.0 Å². The van der Waals surface area contributed by atoms with Gasteiger partial charge in [-0.1, -0.05) is 13.8 Å². The molecule has 6 heteroatoms. The van der Waals surface area contributed by atoms with Gasteiger partial charge in [0, 0.05) is 32.2 Å². The maximum atomic E-state index is 12.7. The van der Waals surface area contributed by atoms with E-state index in [1.54, 1.807) is 6.07 Å². The molecule has 0 aromatic heterocycles. The Hall–Kier alpha value is -1.95. The minimum atomic E-state index is -0.488. The quantitative estimate of drug-likeness (QED) is 0.907. The predicted octanol–water partition coefficient (Wildman–Crippen LogP) is 1.25. The molecule has 1 N–H and O–H groups in total. The van der Waals surface area contributed by atoms with Crippen LogP contribution in [0.2, 0.25) is 0 Å². The molecule has 2 aliphatic heterocycles. The van der Waals surface area contributed by atoms with Crippen LogP contribution in [-0.2, 0) is 4.79 Å². The van der Waals surface area contributed by atoms with Crippen LogP contribution in [0.25, 0.3) is 0 Å². The van der Waals surface area contributed by atoms with E-state index in [0.29, 0.717) is 17.2 Å². The number of fused-ring (bicyclic) bond motifs is 1. The Balaban J connectivity index is 1.72. The molecular formula is C16H22N2O4. The van der Waals surface area contributed by atoms with E-state index >= 15 is 0 Å². The summed E-state index contributed by atoms with van der Waals surface area (Å²) in [6, 6.07) is 5.40. The molecule has 2 aliphatic rings. The molecule has 1 saturated heterocycles. The third-order valence-corrected chi connectivity index (χ3v) is 3.88. The van der Waals surface area contributed by atoms with E-state index in [1.807, 2.05) is 30.9 Å². The normalized spacial score (nSPS) is 18.4. The first-order chi connectivity index (χ1) is 10.6. The molecule has 0 spiro atoms. The van der Waals surface area contributed by atoms with Gasteiger partial charge in [-0.25, -0.2) is 0 Å². The van der Waals surface area contributed by atoms with E-state index in [4.69, 9.17) is 14.2 Å². The number of carbonyl (C=O) groups excluding carboxylic acids is 1. The second-order valence-electron chi connectivity index (χ2n) is 5.87. The molecule has 6 nitrogen and oxygen atoms in total. The van der Waals surface area contributed by atoms with Crippen molar-refractivity contribution in [3.05, 3.63) is 18.2 Å². The minimum absolute atomic E-state index is 0.0502. The Morgan fingerprint density at radius 1 is 1.23 bits per heavy atom. The van der Waals surface area contributed by atoms with Crippen LogP contribution in [-0.4, -0.2) is 49.9 Å². The maximum Gasteiger partial charge on any atom is 0.263 e. The SMILES string of the molecule is CC(C)C(Oc1ccc2c(c1)OCO2)C(=O)N1CCNCC1. The van der Waals surface area contributed by atoms with Gasteiger partial charge < -0.3 is 24.4 Å². The number of piperazine rings is 1. The van der Waals surface area contributed by atoms with Crippen LogP contribution in [0.4, 0.5) is 0 Å². The van der Waals surface area contributed by atoms with Crippen LogP contribution in [0.5, 0.6) is 17.2 Å². The summed E-state index contributed by atoms with van der Waals surface area (Å²) in [6.45, 7) is 7.35. The van der Waals surface area contributed by atoms with Gasteiger partial charge in [-0.15, -0.1) is 0 Å². The van der Waals surface area contributed by atoms with Gasteiger partial charge >= 0.3 is 0 Å². The molecule has 0 aliphatic carbocycles. The highest BCUT2D eigenvalue weighted by Gasteiger charge is 2.30. The van der Waals surface area contributed by atoms with Crippen LogP contribution in [0, 0.1) is 5.92 Å². The van der Waals surface area contributed by atoms with Crippen LogP contribution in [0.1, 0.15) is 13.8 Å². The zero-order valence-corrected chi connectivity index (χ0v) is 13.0. The standard InChI is InChI=1S/C16H22N2O4/c1-11(2)15(16(19)18-7-5-17-6-8-18)22-12-3-4-13-14(9-12)21-10-20-13/h3-4,9,11,15,17H,5-8,10H2,1-2H3. The van der Waals surface area contributed by atoms with Crippen molar-refractivity contribution in [3.8, 4) is 17.2 Å². The van der Waals surface area contributed by atoms with Crippen molar-refractivity contribution in [2.24, 2.45) is 5.92 Å². The zero-order chi connectivity index (χ0) is 15.5. The highest BCUT2D eigenvalue weighted by molar-refractivity contribution is 5.81. The number of amides is 1. The van der Waals surface area contributed by atoms with Crippen molar-refractivity contribution in [1.82, 2.24) is 10.2 Å². The lowest BCUT2D eigenvalue weighted by Gasteiger charge is -2.32. The van der Waals surface area contributed by atoms with E-state index in [9.17, 15) is 4.79 Å². The third-order valence-electron chi connectivity index (χ3n) is 3.88. The number of rotatable bonds is 4. The van der Waals surface area contributed by atoms with Crippen molar-refractivity contribution < 1.29 is 19.0 Å². The first kappa shape index (κ1) is 15.0. The molecule has 1 aromatic carbocycles. The van der Waals surface area contributed by atoms with E-state index in [1.165, 1.54) is 0 Å². The first-order valence-electron chi connectivity index (χ1n) is 7.71. The van der Waals surface area contributed by atoms with Crippen LogP contribution < -0.4 is 19.5 Å². The molecule has 1 fully saturated rings. The van der Waals surface area contributed by atoms with Gasteiger partial charge in [0.05, 0.1) is 0 Å². The fourth-order valence-electron chi connectivity index (χ4n) is 2.63. The number of carbonyl (C=O) groups is 1. The fourth-order valence-corrected chi connectivity index (χ4v) is 2.63. The number of nitrogens with one attached hydrogen (secondary N) is 1. The summed E-state index contributed by atoms with van der Waals surface area (Å²) in [5.74, 6) is 2.14. The lowest BCUT2D eigenvalue weighted by molar-refractivity contribution is -0.141. The Morgan fingerprint density at radius 2 is 1.95 bits per heavy atom. The van der Waals surface area contributed by atoms with Gasteiger partial charge in [-0.3, -0.25) is 4.79 Å². The van der Waals surface area contributed by atoms with Gasteiger partial charge in [0.15, 0.2) is 17.6 Å². The topological polar surface area (TPSA) is 60.0 Å². The summed E-state index contributed by atoms with van der Waals surface area (Å²) in [6.07, 6.45) is -0.488. The van der Waals surface area contributed by atoms with Crippen molar-refractivity contribution in [2.45, 2.75) is 20.0 Å². The summed E-state index contributed by atoms with van der Waals surface area (Å²) < 4.78 is 16.6. The molecular weight excluding hydrogens is 284 g/mol. The summed E-state index contributed by atoms with van der Waals surface area (Å²) >= 11 is 0. The lowest BCUT2D eigenvalue weighted by atomic mass is 10.1. The molecule has 2 heterocycles. The lowest BCUT2D eigenvalue weighted by Crippen LogP contribution is -2.52. The first-order valence-corrected chi connectivity index (χ1v) is 7.71. The predicted molar refractivity (Wildman–Crippen MR) is 81.3 cm³/mol. The number of hydrogen-bond acceptors (Lipinski definition) is 5. The van der Waals surface area contributed by atoms with Crippen LogP contribution >= 0.6 is 0 Å². The van der Waals surface area contributed by atoms with Crippen molar-refractivity contribution in [1.29, 1.82) is 0 Å². The number of ether oxygens (including phenoxy) is 3. The highest BCUT2D eigenvalue weighted by Crippen LogP contribution is 2.35. The number of benzene rings is 1. The molecule has 22 heavy (non-hydrogen) atoms. The molecule has 1 amide bonds. The van der Waals surface area contributed by atoms with Crippen LogP contribution in [0.15, 0.2) is 18.2 Å². The minimum Gasteiger partial charge on any atom is -0.480 e. The second-order valence-corrected chi connectivity index (χ2v) is 5.87. The molecule has 0 radical (unpaired) electrons. The smallest absolute Gasteiger partial charge is 0.263 e. The molecule has 3 rings (SSSR count). The fraction of sp³-hybridized carbons (Fsp3) is 0.562. The highest BCUT2D eigenvalue weighted by atomic mass is 16.7. The largest absolute Gasteiger partial charge is 0.480 e. The molecule has 120 valence electrons. The van der Waals surface area contributed by atoms with Gasteiger partial charge in [-0.2, -0.15) is 0 Å². The Labute approximate surface area is 130 Å². The average Bonchev–Trinajstić information content (AvgIpc) is 3.00. The van der Waals surface area contributed by atoms with Gasteiger partial charge in [-0.05, 0) is 18.1 Å². The van der Waals surface area contributed by atoms with Gasteiger partial charge in [0.25, 0.3) is 5.91 Å². The monoisotopic (exact) mass is 306 g/mol. The summed E-state index contributed by atoms with van der Waals surface area (Å²) in [5.41, 5.74) is 0. The molecule has 1 atom stereocenters. The average molecular weight is 306 g/mol. The Bertz CT molecular complexity index is 541. The molecule has 0 saturated carbocycles. The molecule has 0 bridgehead atoms. The maximum absolute atomic E-state index is 12.7. The molecule has 1 aromatic rings. The third kappa shape index (κ3) is 3.11.